The molecular weight excluding hydrogens is 269 g/mol. The van der Waals surface area contributed by atoms with Crippen LogP contribution in [-0.4, -0.2) is 18.3 Å². The van der Waals surface area contributed by atoms with Crippen molar-refractivity contribution in [2.24, 2.45) is 13.3 Å². The first-order chi connectivity index (χ1) is 5.76. The minimum Gasteiger partial charge on any atom is -0.308 e. The molecule has 12 heavy (non-hydrogen) atoms. The van der Waals surface area contributed by atoms with E-state index in [1.807, 2.05) is 0 Å². The van der Waals surface area contributed by atoms with Crippen molar-refractivity contribution in [3.8, 4) is 0 Å². The number of allylic oxidation sites excluding steroid dienone is 1. The molecule has 0 saturated carbocycles. The Kier molecular flexibility index (Phi) is 6.25. The van der Waals surface area contributed by atoms with E-state index < -0.39 is 0 Å². The topological polar surface area (TPSA) is 84.8 Å². The lowest BCUT2D eigenvalue weighted by Gasteiger charge is -1.94. The van der Waals surface area contributed by atoms with Crippen LogP contribution in [0.1, 0.15) is 6.92 Å². The molecule has 0 aliphatic rings. The van der Waals surface area contributed by atoms with Crippen LogP contribution in [0.4, 0.5) is 0 Å². The average molecular weight is 277 g/mol. The highest BCUT2D eigenvalue weighted by atomic mass is 127. The van der Waals surface area contributed by atoms with E-state index in [1.54, 1.807) is 29.8 Å². The van der Waals surface area contributed by atoms with E-state index in [0.29, 0.717) is 11.3 Å². The largest absolute Gasteiger partial charge is 0.308 e. The standard InChI is InChI=1S/C6H8IN5/c1-5(10-4-11-7)6(2-8)3-12-9/h2-4,8-9H,1H3/b6-3+,8-2?,10-5?,11-4?,12-9?. The molecule has 0 heterocycles. The molecule has 0 aromatic carbocycles. The van der Waals surface area contributed by atoms with Crippen molar-refractivity contribution in [2.75, 3.05) is 0 Å². The minimum atomic E-state index is 0.501. The van der Waals surface area contributed by atoms with Gasteiger partial charge in [-0.3, -0.25) is 0 Å². The van der Waals surface area contributed by atoms with E-state index in [0.717, 1.165) is 6.21 Å². The van der Waals surface area contributed by atoms with Gasteiger partial charge in [-0.25, -0.2) is 13.7 Å². The first-order valence-corrected chi connectivity index (χ1v) is 3.97. The van der Waals surface area contributed by atoms with Gasteiger partial charge in [-0.1, -0.05) is 0 Å². The Labute approximate surface area is 84.2 Å². The van der Waals surface area contributed by atoms with Gasteiger partial charge in [0.25, 0.3) is 0 Å². The van der Waals surface area contributed by atoms with Crippen LogP contribution in [-0.2, 0) is 0 Å². The molecule has 0 aliphatic heterocycles. The van der Waals surface area contributed by atoms with Crippen LogP contribution in [0.15, 0.2) is 25.1 Å². The molecule has 2 N–H and O–H groups in total. The molecule has 0 bridgehead atoms. The molecule has 0 unspecified atom stereocenters. The highest BCUT2D eigenvalue weighted by Crippen LogP contribution is 1.95. The predicted molar refractivity (Wildman–Crippen MR) is 57.6 cm³/mol. The number of nitrogens with one attached hydrogen (secondary N) is 2. The smallest absolute Gasteiger partial charge is 0.122 e. The lowest BCUT2D eigenvalue weighted by molar-refractivity contribution is 1.14. The Morgan fingerprint density at radius 1 is 1.50 bits per heavy atom. The second-order valence-corrected chi connectivity index (χ2v) is 2.34. The second-order valence-electron chi connectivity index (χ2n) is 1.79. The van der Waals surface area contributed by atoms with E-state index in [9.17, 15) is 0 Å². The van der Waals surface area contributed by atoms with Gasteiger partial charge in [0.15, 0.2) is 0 Å². The summed E-state index contributed by atoms with van der Waals surface area (Å²) < 4.78 is 3.63. The third kappa shape index (κ3) is 4.06. The number of hydrogen-bond donors (Lipinski definition) is 2. The highest BCUT2D eigenvalue weighted by molar-refractivity contribution is 14.1. The lowest BCUT2D eigenvalue weighted by Crippen LogP contribution is -1.97. The highest BCUT2D eigenvalue weighted by Gasteiger charge is 1.95. The van der Waals surface area contributed by atoms with Gasteiger partial charge in [0.1, 0.15) is 6.34 Å². The third-order valence-corrected chi connectivity index (χ3v) is 1.32. The molecule has 0 spiro atoms. The van der Waals surface area contributed by atoms with Crippen molar-refractivity contribution in [3.05, 3.63) is 11.8 Å². The molecule has 0 amide bonds. The molecule has 0 aliphatic carbocycles. The molecule has 0 radical (unpaired) electrons. The molecule has 0 saturated heterocycles. The van der Waals surface area contributed by atoms with Crippen molar-refractivity contribution in [3.63, 3.8) is 0 Å². The van der Waals surface area contributed by atoms with Crippen LogP contribution < -0.4 is 0 Å². The molecule has 0 aromatic rings. The minimum absolute atomic E-state index is 0.501. The van der Waals surface area contributed by atoms with E-state index in [4.69, 9.17) is 10.9 Å². The molecule has 0 aromatic heterocycles. The van der Waals surface area contributed by atoms with Crippen LogP contribution in [0.5, 0.6) is 0 Å². The Morgan fingerprint density at radius 3 is 2.58 bits per heavy atom. The van der Waals surface area contributed by atoms with Crippen LogP contribution >= 0.6 is 22.9 Å². The normalized spacial score (nSPS) is 13.5. The van der Waals surface area contributed by atoms with Crippen LogP contribution in [0.2, 0.25) is 0 Å². The summed E-state index contributed by atoms with van der Waals surface area (Å²) in [5.74, 6) is 0. The number of halogens is 1. The van der Waals surface area contributed by atoms with E-state index >= 15 is 0 Å². The average Bonchev–Trinajstić information content (AvgIpc) is 2.10. The third-order valence-electron chi connectivity index (χ3n) is 1.07. The van der Waals surface area contributed by atoms with Gasteiger partial charge >= 0.3 is 0 Å². The zero-order valence-corrected chi connectivity index (χ0v) is 8.61. The monoisotopic (exact) mass is 277 g/mol. The van der Waals surface area contributed by atoms with Crippen molar-refractivity contribution in [2.45, 2.75) is 6.92 Å². The van der Waals surface area contributed by atoms with Gasteiger partial charge < -0.3 is 5.41 Å². The van der Waals surface area contributed by atoms with Crippen LogP contribution in [0, 0.1) is 10.9 Å². The number of hydrogen-bond acceptors (Lipinski definition) is 4. The zero-order valence-electron chi connectivity index (χ0n) is 6.45. The van der Waals surface area contributed by atoms with Gasteiger partial charge in [-0.2, -0.15) is 5.11 Å². The fraction of sp³-hybridized carbons (Fsp3) is 0.167. The van der Waals surface area contributed by atoms with Gasteiger partial charge in [0, 0.05) is 17.5 Å². The summed E-state index contributed by atoms with van der Waals surface area (Å²) in [4.78, 5) is 3.89. The molecule has 6 heteroatoms. The first-order valence-electron chi connectivity index (χ1n) is 3.01. The summed E-state index contributed by atoms with van der Waals surface area (Å²) in [6, 6.07) is 0. The SMILES string of the molecule is CC(=NC=NI)/C(C=N)=C/N=N. The molecular formula is C6H8IN5. The number of aliphatic imine (C=N–C) groups is 1. The Bertz CT molecular complexity index is 253. The van der Waals surface area contributed by atoms with Crippen molar-refractivity contribution in [1.82, 2.24) is 0 Å². The zero-order chi connectivity index (χ0) is 9.40. The number of rotatable bonds is 4. The van der Waals surface area contributed by atoms with Gasteiger partial charge in [-0.15, -0.1) is 0 Å². The van der Waals surface area contributed by atoms with Gasteiger partial charge in [0.2, 0.25) is 0 Å². The molecule has 0 atom stereocenters. The van der Waals surface area contributed by atoms with E-state index in [1.165, 1.54) is 12.5 Å². The van der Waals surface area contributed by atoms with Crippen LogP contribution in [0.25, 0.3) is 0 Å². The molecule has 64 valence electrons. The summed E-state index contributed by atoms with van der Waals surface area (Å²) in [6.45, 7) is 1.72. The van der Waals surface area contributed by atoms with Crippen molar-refractivity contribution < 1.29 is 0 Å². The Morgan fingerprint density at radius 2 is 2.17 bits per heavy atom. The summed E-state index contributed by atoms with van der Waals surface area (Å²) in [7, 11) is 0. The molecule has 0 rings (SSSR count). The van der Waals surface area contributed by atoms with Crippen LogP contribution in [0.3, 0.4) is 0 Å². The summed E-state index contributed by atoms with van der Waals surface area (Å²) in [6.07, 6.45) is 3.72. The van der Waals surface area contributed by atoms with Crippen molar-refractivity contribution >= 4 is 41.1 Å². The van der Waals surface area contributed by atoms with Gasteiger partial charge in [-0.05, 0) is 6.92 Å². The predicted octanol–water partition coefficient (Wildman–Crippen LogP) is 2.39. The maximum atomic E-state index is 6.97. The maximum absolute atomic E-state index is 6.97. The maximum Gasteiger partial charge on any atom is 0.122 e. The number of nitrogens with zero attached hydrogens (tertiary/aromatic N) is 3. The summed E-state index contributed by atoms with van der Waals surface area (Å²) >= 11 is 1.80. The Balaban J connectivity index is 4.62. The fourth-order valence-corrected chi connectivity index (χ4v) is 0.612. The first kappa shape index (κ1) is 11.1. The van der Waals surface area contributed by atoms with E-state index in [-0.39, 0.29) is 0 Å². The molecule has 0 fully saturated rings. The Hall–Kier alpha value is -0.920. The lowest BCUT2D eigenvalue weighted by atomic mass is 10.2. The van der Waals surface area contributed by atoms with Gasteiger partial charge in [0.05, 0.1) is 29.1 Å². The van der Waals surface area contributed by atoms with E-state index in [2.05, 4.69) is 13.3 Å². The molecule has 5 nitrogen and oxygen atoms in total. The fourth-order valence-electron chi connectivity index (χ4n) is 0.488. The summed E-state index contributed by atoms with van der Waals surface area (Å²) in [5.41, 5.74) is 7.68. The second kappa shape index (κ2) is 6.77. The van der Waals surface area contributed by atoms with Crippen molar-refractivity contribution in [1.29, 1.82) is 10.9 Å². The quantitative estimate of drug-likeness (QED) is 0.342. The summed E-state index contributed by atoms with van der Waals surface area (Å²) in [5, 5.41) is 10.0.